The highest BCUT2D eigenvalue weighted by Gasteiger charge is 2.16. The van der Waals surface area contributed by atoms with E-state index >= 15 is 0 Å². The van der Waals surface area contributed by atoms with E-state index in [2.05, 4.69) is 0 Å². The molecule has 0 radical (unpaired) electrons. The topological polar surface area (TPSA) is 26.3 Å². The van der Waals surface area contributed by atoms with Gasteiger partial charge in [0.25, 0.3) is 0 Å². The highest BCUT2D eigenvalue weighted by molar-refractivity contribution is 7.97. The lowest BCUT2D eigenvalue weighted by Gasteiger charge is -2.04. The Morgan fingerprint density at radius 1 is 1.43 bits per heavy atom. The molecule has 2 nitrogen and oxygen atoms in total. The van der Waals surface area contributed by atoms with Crippen LogP contribution in [0.4, 0.5) is 0 Å². The Balaban J connectivity index is 2.81. The number of ether oxygens (including phenoxy) is 1. The Morgan fingerprint density at radius 2 is 2.07 bits per heavy atom. The van der Waals surface area contributed by atoms with Crippen LogP contribution in [0.5, 0.6) is 0 Å². The Labute approximate surface area is 88.7 Å². The molecule has 1 rings (SSSR count). The predicted octanol–water partition coefficient (Wildman–Crippen LogP) is 3.34. The van der Waals surface area contributed by atoms with E-state index in [-0.39, 0.29) is 0 Å². The van der Waals surface area contributed by atoms with E-state index in [4.69, 9.17) is 16.0 Å². The third-order valence-electron chi connectivity index (χ3n) is 1.62. The van der Waals surface area contributed by atoms with Crippen LogP contribution >= 0.6 is 17.7 Å². The SMILES string of the molecule is CCOC=CP(=O)(Cl)c1ccccc1. The van der Waals surface area contributed by atoms with Crippen molar-refractivity contribution in [1.82, 2.24) is 0 Å². The molecule has 76 valence electrons. The minimum atomic E-state index is -2.91. The molecule has 0 amide bonds. The first kappa shape index (κ1) is 11.4. The molecule has 0 N–H and O–H groups in total. The largest absolute Gasteiger partial charge is 0.501 e. The van der Waals surface area contributed by atoms with Gasteiger partial charge in [-0.2, -0.15) is 0 Å². The van der Waals surface area contributed by atoms with Crippen LogP contribution in [0.1, 0.15) is 6.92 Å². The molecule has 0 fully saturated rings. The van der Waals surface area contributed by atoms with Gasteiger partial charge in [0.05, 0.1) is 12.9 Å². The zero-order valence-corrected chi connectivity index (χ0v) is 9.54. The van der Waals surface area contributed by atoms with Gasteiger partial charge in [-0.1, -0.05) is 30.3 Å². The molecule has 1 aromatic carbocycles. The summed E-state index contributed by atoms with van der Waals surface area (Å²) in [7, 11) is 0. The van der Waals surface area contributed by atoms with E-state index in [0.717, 1.165) is 0 Å². The molecule has 1 unspecified atom stereocenters. The lowest BCUT2D eigenvalue weighted by Crippen LogP contribution is -1.96. The number of rotatable bonds is 4. The summed E-state index contributed by atoms with van der Waals surface area (Å²) in [6, 6.07) is 8.94. The maximum atomic E-state index is 11.9. The van der Waals surface area contributed by atoms with Crippen molar-refractivity contribution in [2.24, 2.45) is 0 Å². The first-order chi connectivity index (χ1) is 6.67. The van der Waals surface area contributed by atoms with Crippen LogP contribution in [-0.2, 0) is 9.30 Å². The monoisotopic (exact) mass is 230 g/mol. The number of hydrogen-bond donors (Lipinski definition) is 0. The van der Waals surface area contributed by atoms with Gasteiger partial charge in [0, 0.05) is 11.1 Å². The van der Waals surface area contributed by atoms with Crippen LogP contribution < -0.4 is 5.30 Å². The molecule has 1 aromatic rings. The molecule has 14 heavy (non-hydrogen) atoms. The van der Waals surface area contributed by atoms with Gasteiger partial charge in [-0.25, -0.2) is 0 Å². The Bertz CT molecular complexity index is 348. The maximum absolute atomic E-state index is 11.9. The molecule has 0 saturated heterocycles. The molecule has 0 aliphatic rings. The summed E-state index contributed by atoms with van der Waals surface area (Å²) >= 11 is 5.89. The van der Waals surface area contributed by atoms with Gasteiger partial charge >= 0.3 is 0 Å². The summed E-state index contributed by atoms with van der Waals surface area (Å²) in [5.74, 6) is 1.41. The molecular formula is C10H12ClO2P. The third kappa shape index (κ3) is 3.21. The lowest BCUT2D eigenvalue weighted by atomic mass is 10.4. The summed E-state index contributed by atoms with van der Waals surface area (Å²) in [6.07, 6.45) is 1.39. The molecule has 4 heteroatoms. The van der Waals surface area contributed by atoms with E-state index in [1.165, 1.54) is 12.1 Å². The molecule has 0 saturated carbocycles. The zero-order valence-electron chi connectivity index (χ0n) is 7.89. The summed E-state index contributed by atoms with van der Waals surface area (Å²) < 4.78 is 16.8. The average molecular weight is 231 g/mol. The summed E-state index contributed by atoms with van der Waals surface area (Å²) in [5.41, 5.74) is 0. The second-order valence-electron chi connectivity index (χ2n) is 2.65. The summed E-state index contributed by atoms with van der Waals surface area (Å²) in [4.78, 5) is 0. The quantitative estimate of drug-likeness (QED) is 0.586. The first-order valence-corrected chi connectivity index (χ1v) is 6.99. The Kier molecular flexibility index (Phi) is 4.24. The maximum Gasteiger partial charge on any atom is 0.221 e. The molecule has 0 aliphatic carbocycles. The van der Waals surface area contributed by atoms with Gasteiger partial charge in [-0.3, -0.25) is 4.57 Å². The number of halogens is 1. The highest BCUT2D eigenvalue weighted by Crippen LogP contribution is 2.51. The van der Waals surface area contributed by atoms with E-state index in [1.807, 2.05) is 13.0 Å². The Hall–Kier alpha value is -0.720. The summed E-state index contributed by atoms with van der Waals surface area (Å²) in [6.45, 7) is -0.511. The summed E-state index contributed by atoms with van der Waals surface area (Å²) in [5, 5.41) is 0.623. The zero-order chi connectivity index (χ0) is 10.4. The second-order valence-corrected chi connectivity index (χ2v) is 6.13. The van der Waals surface area contributed by atoms with Gasteiger partial charge in [-0.15, -0.1) is 0 Å². The smallest absolute Gasteiger partial charge is 0.221 e. The van der Waals surface area contributed by atoms with E-state index < -0.39 is 6.49 Å². The van der Waals surface area contributed by atoms with Crippen molar-refractivity contribution < 1.29 is 9.30 Å². The van der Waals surface area contributed by atoms with Crippen molar-refractivity contribution in [2.75, 3.05) is 6.61 Å². The Morgan fingerprint density at radius 3 is 2.64 bits per heavy atom. The van der Waals surface area contributed by atoms with Gasteiger partial charge < -0.3 is 4.74 Å². The minimum absolute atomic E-state index is 0.544. The van der Waals surface area contributed by atoms with E-state index in [0.29, 0.717) is 11.9 Å². The first-order valence-electron chi connectivity index (χ1n) is 4.31. The van der Waals surface area contributed by atoms with Gasteiger partial charge in [0.15, 0.2) is 0 Å². The van der Waals surface area contributed by atoms with Crippen molar-refractivity contribution >= 4 is 23.0 Å². The minimum Gasteiger partial charge on any atom is -0.501 e. The predicted molar refractivity (Wildman–Crippen MR) is 60.3 cm³/mol. The molecule has 0 heterocycles. The van der Waals surface area contributed by atoms with Gasteiger partial charge in [-0.05, 0) is 18.2 Å². The number of hydrogen-bond acceptors (Lipinski definition) is 2. The normalized spacial score (nSPS) is 15.3. The van der Waals surface area contributed by atoms with Crippen molar-refractivity contribution in [3.8, 4) is 0 Å². The van der Waals surface area contributed by atoms with Crippen LogP contribution in [0, 0.1) is 0 Å². The van der Waals surface area contributed by atoms with E-state index in [9.17, 15) is 4.57 Å². The molecule has 0 bridgehead atoms. The molecule has 0 aliphatic heterocycles. The standard InChI is InChI=1S/C10H12ClO2P/c1-2-13-8-9-14(11,12)10-6-4-3-5-7-10/h3-9H,2H2,1H3. The molecule has 0 spiro atoms. The van der Waals surface area contributed by atoms with Crippen LogP contribution in [0.25, 0.3) is 0 Å². The van der Waals surface area contributed by atoms with Gasteiger partial charge in [0.2, 0.25) is 6.49 Å². The van der Waals surface area contributed by atoms with Crippen molar-refractivity contribution in [3.05, 3.63) is 42.4 Å². The van der Waals surface area contributed by atoms with Crippen molar-refractivity contribution in [1.29, 1.82) is 0 Å². The van der Waals surface area contributed by atoms with E-state index in [1.54, 1.807) is 24.3 Å². The van der Waals surface area contributed by atoms with Crippen LogP contribution in [0.2, 0.25) is 0 Å². The fraction of sp³-hybridized carbons (Fsp3) is 0.200. The van der Waals surface area contributed by atoms with Crippen LogP contribution in [0.3, 0.4) is 0 Å². The van der Waals surface area contributed by atoms with Gasteiger partial charge in [0.1, 0.15) is 0 Å². The molecule has 0 aromatic heterocycles. The molecule has 1 atom stereocenters. The second kappa shape index (κ2) is 5.23. The average Bonchev–Trinajstić information content (AvgIpc) is 2.19. The third-order valence-corrected chi connectivity index (χ3v) is 4.05. The molecular weight excluding hydrogens is 219 g/mol. The van der Waals surface area contributed by atoms with Crippen molar-refractivity contribution in [3.63, 3.8) is 0 Å². The number of benzene rings is 1. The van der Waals surface area contributed by atoms with Crippen LogP contribution in [-0.4, -0.2) is 6.61 Å². The lowest BCUT2D eigenvalue weighted by molar-refractivity contribution is 0.270. The van der Waals surface area contributed by atoms with Crippen molar-refractivity contribution in [2.45, 2.75) is 6.92 Å². The fourth-order valence-electron chi connectivity index (χ4n) is 0.935. The fourth-order valence-corrected chi connectivity index (χ4v) is 2.40. The van der Waals surface area contributed by atoms with Crippen LogP contribution in [0.15, 0.2) is 42.4 Å². The highest BCUT2D eigenvalue weighted by atomic mass is 35.7.